The van der Waals surface area contributed by atoms with Crippen LogP contribution in [0.25, 0.3) is 11.6 Å². The van der Waals surface area contributed by atoms with E-state index in [1.807, 2.05) is 0 Å². The van der Waals surface area contributed by atoms with E-state index >= 15 is 0 Å². The zero-order valence-corrected chi connectivity index (χ0v) is 13.6. The quantitative estimate of drug-likeness (QED) is 0.862. The molecule has 3 rings (SSSR count). The number of nitrogens with two attached hydrogens (primary N) is 1. The van der Waals surface area contributed by atoms with Gasteiger partial charge in [0, 0.05) is 24.9 Å². The number of nitrogens with one attached hydrogen (secondary N) is 1. The van der Waals surface area contributed by atoms with Gasteiger partial charge in [-0.2, -0.15) is 4.98 Å². The van der Waals surface area contributed by atoms with Crippen molar-refractivity contribution < 1.29 is 13.7 Å². The molecule has 1 aliphatic carbocycles. The Morgan fingerprint density at radius 1 is 1.35 bits per heavy atom. The van der Waals surface area contributed by atoms with E-state index in [4.69, 9.17) is 14.7 Å². The van der Waals surface area contributed by atoms with Crippen molar-refractivity contribution >= 4 is 18.3 Å². The van der Waals surface area contributed by atoms with E-state index in [-0.39, 0.29) is 30.4 Å². The molecular formula is C15H21ClN4O3. The third-order valence-electron chi connectivity index (χ3n) is 3.91. The van der Waals surface area contributed by atoms with Gasteiger partial charge in [-0.1, -0.05) is 5.16 Å². The first kappa shape index (κ1) is 17.5. The molecule has 23 heavy (non-hydrogen) atoms. The average molecular weight is 341 g/mol. The zero-order chi connectivity index (χ0) is 15.4. The van der Waals surface area contributed by atoms with Gasteiger partial charge in [0.15, 0.2) is 5.76 Å². The van der Waals surface area contributed by atoms with Crippen molar-refractivity contribution in [2.75, 3.05) is 0 Å². The number of aromatic nitrogens is 2. The second-order valence-electron chi connectivity index (χ2n) is 5.67. The first-order valence-electron chi connectivity index (χ1n) is 7.62. The lowest BCUT2D eigenvalue weighted by Gasteiger charge is -2.26. The number of carbonyl (C=O) groups is 1. The second-order valence-corrected chi connectivity index (χ2v) is 5.67. The molecule has 1 saturated carbocycles. The van der Waals surface area contributed by atoms with Crippen LogP contribution < -0.4 is 11.1 Å². The third-order valence-corrected chi connectivity index (χ3v) is 3.91. The number of aryl methyl sites for hydroxylation is 1. The van der Waals surface area contributed by atoms with Crippen molar-refractivity contribution in [3.05, 3.63) is 24.3 Å². The SMILES string of the molecule is Cl.NC1CCC(NC(=O)CCc2nc(-c3ccco3)no2)CC1. The molecule has 7 nitrogen and oxygen atoms in total. The molecule has 2 heterocycles. The van der Waals surface area contributed by atoms with E-state index < -0.39 is 0 Å². The molecule has 2 aromatic rings. The summed E-state index contributed by atoms with van der Waals surface area (Å²) in [6.07, 6.45) is 6.16. The first-order chi connectivity index (χ1) is 10.7. The van der Waals surface area contributed by atoms with Crippen LogP contribution in [0.15, 0.2) is 27.3 Å². The van der Waals surface area contributed by atoms with Crippen molar-refractivity contribution in [2.45, 2.75) is 50.6 Å². The van der Waals surface area contributed by atoms with Crippen molar-refractivity contribution in [3.63, 3.8) is 0 Å². The fourth-order valence-corrected chi connectivity index (χ4v) is 2.65. The molecule has 0 radical (unpaired) electrons. The van der Waals surface area contributed by atoms with E-state index in [0.717, 1.165) is 25.7 Å². The van der Waals surface area contributed by atoms with Crippen molar-refractivity contribution in [1.29, 1.82) is 0 Å². The van der Waals surface area contributed by atoms with E-state index in [1.54, 1.807) is 18.4 Å². The van der Waals surface area contributed by atoms with Crippen molar-refractivity contribution in [2.24, 2.45) is 5.73 Å². The molecule has 3 N–H and O–H groups in total. The molecule has 0 aromatic carbocycles. The van der Waals surface area contributed by atoms with Gasteiger partial charge in [0.1, 0.15) is 0 Å². The van der Waals surface area contributed by atoms with Gasteiger partial charge in [-0.25, -0.2) is 0 Å². The van der Waals surface area contributed by atoms with Gasteiger partial charge in [-0.05, 0) is 37.8 Å². The Balaban J connectivity index is 0.00000192. The van der Waals surface area contributed by atoms with Gasteiger partial charge in [0.05, 0.1) is 6.26 Å². The Morgan fingerprint density at radius 2 is 2.13 bits per heavy atom. The molecule has 2 aromatic heterocycles. The van der Waals surface area contributed by atoms with Gasteiger partial charge in [0.25, 0.3) is 0 Å². The number of halogens is 1. The fourth-order valence-electron chi connectivity index (χ4n) is 2.65. The number of hydrogen-bond donors (Lipinski definition) is 2. The first-order valence-corrected chi connectivity index (χ1v) is 7.62. The van der Waals surface area contributed by atoms with Gasteiger partial charge in [-0.15, -0.1) is 12.4 Å². The van der Waals surface area contributed by atoms with Crippen LogP contribution in [0, 0.1) is 0 Å². The summed E-state index contributed by atoms with van der Waals surface area (Å²) in [5.74, 6) is 1.41. The maximum Gasteiger partial charge on any atom is 0.238 e. The van der Waals surface area contributed by atoms with Gasteiger partial charge >= 0.3 is 0 Å². The highest BCUT2D eigenvalue weighted by Crippen LogP contribution is 2.18. The predicted molar refractivity (Wildman–Crippen MR) is 85.9 cm³/mol. The third kappa shape index (κ3) is 4.80. The monoisotopic (exact) mass is 340 g/mol. The van der Waals surface area contributed by atoms with Crippen LogP contribution in [0.2, 0.25) is 0 Å². The number of furan rings is 1. The molecule has 0 spiro atoms. The molecule has 1 amide bonds. The van der Waals surface area contributed by atoms with Gasteiger partial charge in [-0.3, -0.25) is 4.79 Å². The molecule has 0 bridgehead atoms. The Bertz CT molecular complexity index is 606. The smallest absolute Gasteiger partial charge is 0.238 e. The number of amides is 1. The standard InChI is InChI=1S/C15H20N4O3.ClH/c16-10-3-5-11(6-4-10)17-13(20)7-8-14-18-15(19-22-14)12-2-1-9-21-12;/h1-2,9-11H,3-8,16H2,(H,17,20);1H. The number of carbonyl (C=O) groups excluding carboxylic acids is 1. The van der Waals surface area contributed by atoms with Gasteiger partial charge < -0.3 is 20.0 Å². The Hall–Kier alpha value is -1.86. The minimum Gasteiger partial charge on any atom is -0.461 e. The average Bonchev–Trinajstić information content (AvgIpc) is 3.18. The summed E-state index contributed by atoms with van der Waals surface area (Å²) < 4.78 is 10.3. The van der Waals surface area contributed by atoms with Gasteiger partial charge in [0.2, 0.25) is 17.6 Å². The largest absolute Gasteiger partial charge is 0.461 e. The summed E-state index contributed by atoms with van der Waals surface area (Å²) in [5, 5.41) is 6.88. The lowest BCUT2D eigenvalue weighted by atomic mass is 9.92. The molecule has 0 unspecified atom stereocenters. The molecule has 0 aliphatic heterocycles. The van der Waals surface area contributed by atoms with E-state index in [2.05, 4.69) is 15.5 Å². The molecule has 1 fully saturated rings. The summed E-state index contributed by atoms with van der Waals surface area (Å²) in [7, 11) is 0. The van der Waals surface area contributed by atoms with Crippen LogP contribution in [0.1, 0.15) is 38.0 Å². The molecule has 1 aliphatic rings. The van der Waals surface area contributed by atoms with Crippen LogP contribution in [-0.2, 0) is 11.2 Å². The normalized spacial score (nSPS) is 20.7. The summed E-state index contributed by atoms with van der Waals surface area (Å²) in [6, 6.07) is 4.05. The fraction of sp³-hybridized carbons (Fsp3) is 0.533. The molecular weight excluding hydrogens is 320 g/mol. The van der Waals surface area contributed by atoms with Crippen LogP contribution in [0.4, 0.5) is 0 Å². The van der Waals surface area contributed by atoms with Crippen LogP contribution in [-0.4, -0.2) is 28.1 Å². The summed E-state index contributed by atoms with van der Waals surface area (Å²) >= 11 is 0. The van der Waals surface area contributed by atoms with E-state index in [0.29, 0.717) is 30.3 Å². The van der Waals surface area contributed by atoms with E-state index in [1.165, 1.54) is 0 Å². The maximum absolute atomic E-state index is 12.0. The minimum absolute atomic E-state index is 0. The molecule has 0 atom stereocenters. The second kappa shape index (κ2) is 8.12. The lowest BCUT2D eigenvalue weighted by molar-refractivity contribution is -0.122. The molecule has 0 saturated heterocycles. The molecule has 126 valence electrons. The minimum atomic E-state index is 0. The van der Waals surface area contributed by atoms with Crippen molar-refractivity contribution in [1.82, 2.24) is 15.5 Å². The highest BCUT2D eigenvalue weighted by atomic mass is 35.5. The topological polar surface area (TPSA) is 107 Å². The number of nitrogens with zero attached hydrogens (tertiary/aromatic N) is 2. The Labute approximate surface area is 140 Å². The van der Waals surface area contributed by atoms with Crippen LogP contribution in [0.3, 0.4) is 0 Å². The number of rotatable bonds is 5. The lowest BCUT2D eigenvalue weighted by Crippen LogP contribution is -2.40. The van der Waals surface area contributed by atoms with E-state index in [9.17, 15) is 4.79 Å². The van der Waals surface area contributed by atoms with Crippen LogP contribution >= 0.6 is 12.4 Å². The highest BCUT2D eigenvalue weighted by molar-refractivity contribution is 5.85. The Morgan fingerprint density at radius 3 is 2.83 bits per heavy atom. The predicted octanol–water partition coefficient (Wildman–Crippen LogP) is 2.07. The Kier molecular flexibility index (Phi) is 6.18. The summed E-state index contributed by atoms with van der Waals surface area (Å²) in [6.45, 7) is 0. The zero-order valence-electron chi connectivity index (χ0n) is 12.7. The highest BCUT2D eigenvalue weighted by Gasteiger charge is 2.20. The summed E-state index contributed by atoms with van der Waals surface area (Å²) in [5.41, 5.74) is 5.86. The summed E-state index contributed by atoms with van der Waals surface area (Å²) in [4.78, 5) is 16.2. The number of hydrogen-bond acceptors (Lipinski definition) is 6. The van der Waals surface area contributed by atoms with Crippen LogP contribution in [0.5, 0.6) is 0 Å². The maximum atomic E-state index is 12.0. The van der Waals surface area contributed by atoms with Crippen molar-refractivity contribution in [3.8, 4) is 11.6 Å². The molecule has 8 heteroatoms.